The Morgan fingerprint density at radius 2 is 0.819 bits per heavy atom. The Kier molecular flexibility index (Phi) is 31.2. The van der Waals surface area contributed by atoms with Gasteiger partial charge in [-0.25, -0.2) is 49.5 Å². The molecule has 0 fully saturated rings. The molecular weight excluding hydrogens is 1240 g/mol. The minimum atomic E-state index is -2.64. The first-order valence-electron chi connectivity index (χ1n) is 30.0. The second kappa shape index (κ2) is 38.0. The number of carbonyl (C=O) groups is 3. The minimum absolute atomic E-state index is 0.0287. The lowest BCUT2D eigenvalue weighted by Crippen LogP contribution is -2.11. The zero-order chi connectivity index (χ0) is 69.9. The first-order chi connectivity index (χ1) is 44.4. The van der Waals surface area contributed by atoms with E-state index in [0.29, 0.717) is 72.9 Å². The number of halogens is 8. The predicted molar refractivity (Wildman–Crippen MR) is 363 cm³/mol. The molecule has 500 valence electrons. The fourth-order valence-electron chi connectivity index (χ4n) is 9.34. The van der Waals surface area contributed by atoms with Crippen LogP contribution in [0.25, 0.3) is 49.4 Å². The standard InChI is InChI=1S/2C26H27F3O3.C24H26F2O3S/c1-16(2)22-13-20(19-9-6-10-21(27)12-19)14-23(26(22)32-15-24(28)29)18(4)8-5-7-17(3)11-25(30)31;1-16(2)21-13-19(20-10-5-6-11-23(20)27)14-22(26(21)32-15-24(28)29)18(4)9-7-8-17(3)12-25(30)31;1-15(2)19-12-18(21-9-6-10-30-21)13-20(24(19)29-14-22(25)26)17(4)8-5-7-16(3)11-23(27)28/h2*5-14,16,24H,15H2,1-4H3,(H,30,31);5-13,15,22H,14H2,1-4H3,(H,27,28)/b7-5+,17-11+,18-8-;8-7+,17-12+,18-9-;7-5+,16-11+,17-8-. The zero-order valence-electron chi connectivity index (χ0n) is 54.6. The van der Waals surface area contributed by atoms with E-state index in [9.17, 15) is 49.5 Å². The summed E-state index contributed by atoms with van der Waals surface area (Å²) in [6, 6.07) is 27.6. The smallest absolute Gasteiger partial charge is 0.328 e. The molecule has 0 amide bonds. The van der Waals surface area contributed by atoms with E-state index in [2.05, 4.69) is 0 Å². The maximum absolute atomic E-state index is 14.5. The van der Waals surface area contributed by atoms with Gasteiger partial charge < -0.3 is 29.5 Å². The summed E-state index contributed by atoms with van der Waals surface area (Å²) >= 11 is 1.61. The van der Waals surface area contributed by atoms with Crippen molar-refractivity contribution in [3.05, 3.63) is 237 Å². The molecule has 0 spiro atoms. The number of alkyl halides is 6. The van der Waals surface area contributed by atoms with Crippen molar-refractivity contribution in [2.24, 2.45) is 0 Å². The van der Waals surface area contributed by atoms with Crippen LogP contribution in [-0.4, -0.2) is 72.3 Å². The van der Waals surface area contributed by atoms with E-state index in [1.807, 2.05) is 97.2 Å². The highest BCUT2D eigenvalue weighted by Crippen LogP contribution is 2.43. The highest BCUT2D eigenvalue weighted by atomic mass is 32.1. The van der Waals surface area contributed by atoms with Gasteiger partial charge in [0.25, 0.3) is 19.3 Å². The third kappa shape index (κ3) is 25.3. The largest absolute Gasteiger partial charge is 0.487 e. The third-order valence-corrected chi connectivity index (χ3v) is 14.8. The summed E-state index contributed by atoms with van der Waals surface area (Å²) < 4.78 is 122. The Morgan fingerprint density at radius 1 is 0.447 bits per heavy atom. The third-order valence-electron chi connectivity index (χ3n) is 13.9. The van der Waals surface area contributed by atoms with E-state index < -0.39 is 57.0 Å². The van der Waals surface area contributed by atoms with Crippen LogP contribution in [0.15, 0.2) is 192 Å². The second-order valence-corrected chi connectivity index (χ2v) is 23.6. The van der Waals surface area contributed by atoms with E-state index in [-0.39, 0.29) is 29.4 Å². The maximum atomic E-state index is 14.5. The molecule has 9 nitrogen and oxygen atoms in total. The molecule has 18 heteroatoms. The maximum Gasteiger partial charge on any atom is 0.328 e. The predicted octanol–water partition coefficient (Wildman–Crippen LogP) is 21.7. The molecule has 5 aromatic carbocycles. The highest BCUT2D eigenvalue weighted by Gasteiger charge is 2.23. The van der Waals surface area contributed by atoms with Gasteiger partial charge in [0.15, 0.2) is 0 Å². The second-order valence-electron chi connectivity index (χ2n) is 22.7. The first-order valence-corrected chi connectivity index (χ1v) is 30.9. The number of benzene rings is 5. The van der Waals surface area contributed by atoms with Crippen LogP contribution in [0.5, 0.6) is 17.2 Å². The Hall–Kier alpha value is -9.29. The van der Waals surface area contributed by atoms with Crippen molar-refractivity contribution >= 4 is 46.0 Å². The van der Waals surface area contributed by atoms with Gasteiger partial charge in [0, 0.05) is 45.4 Å². The van der Waals surface area contributed by atoms with Crippen molar-refractivity contribution in [1.82, 2.24) is 0 Å². The van der Waals surface area contributed by atoms with E-state index in [4.69, 9.17) is 29.5 Å². The molecule has 3 N–H and O–H groups in total. The summed E-state index contributed by atoms with van der Waals surface area (Å²) in [4.78, 5) is 33.4. The fourth-order valence-corrected chi connectivity index (χ4v) is 10.1. The quantitative estimate of drug-likeness (QED) is 0.0261. The van der Waals surface area contributed by atoms with Gasteiger partial charge in [0.05, 0.1) is 0 Å². The van der Waals surface area contributed by atoms with Crippen LogP contribution in [-0.2, 0) is 14.4 Å². The van der Waals surface area contributed by atoms with Gasteiger partial charge in [0.2, 0.25) is 0 Å². The van der Waals surface area contributed by atoms with Gasteiger partial charge in [-0.1, -0.05) is 133 Å². The highest BCUT2D eigenvalue weighted by molar-refractivity contribution is 7.13. The van der Waals surface area contributed by atoms with Crippen molar-refractivity contribution in [2.75, 3.05) is 19.8 Å². The molecule has 0 saturated heterocycles. The number of carboxylic acids is 3. The number of carboxylic acid groups (broad SMARTS) is 3. The lowest BCUT2D eigenvalue weighted by atomic mass is 9.90. The van der Waals surface area contributed by atoms with Crippen molar-refractivity contribution in [1.29, 1.82) is 0 Å². The van der Waals surface area contributed by atoms with Gasteiger partial charge in [-0.3, -0.25) is 0 Å². The van der Waals surface area contributed by atoms with Crippen molar-refractivity contribution in [3.8, 4) is 49.9 Å². The Balaban J connectivity index is 0.000000300. The summed E-state index contributed by atoms with van der Waals surface area (Å²) in [5.41, 5.74) is 11.6. The number of aliphatic carboxylic acids is 3. The van der Waals surface area contributed by atoms with Crippen molar-refractivity contribution in [3.63, 3.8) is 0 Å². The van der Waals surface area contributed by atoms with Crippen LogP contribution in [0.4, 0.5) is 35.1 Å². The van der Waals surface area contributed by atoms with Crippen LogP contribution in [0.2, 0.25) is 0 Å². The van der Waals surface area contributed by atoms with Crippen LogP contribution < -0.4 is 14.2 Å². The molecule has 0 radical (unpaired) electrons. The lowest BCUT2D eigenvalue weighted by Gasteiger charge is -2.21. The van der Waals surface area contributed by atoms with Gasteiger partial charge in [0.1, 0.15) is 48.7 Å². The fraction of sp³-hybridized carbons (Fsp3) is 0.276. The molecule has 0 bridgehead atoms. The van der Waals surface area contributed by atoms with Crippen LogP contribution in [0.3, 0.4) is 0 Å². The number of thiophene rings is 1. The zero-order valence-corrected chi connectivity index (χ0v) is 55.4. The van der Waals surface area contributed by atoms with Gasteiger partial charge in [-0.15, -0.1) is 11.3 Å². The summed E-state index contributed by atoms with van der Waals surface area (Å²) in [5.74, 6) is -2.70. The molecule has 0 atom stereocenters. The molecule has 0 aliphatic heterocycles. The van der Waals surface area contributed by atoms with Gasteiger partial charge in [-0.05, 0) is 198 Å². The molecule has 0 unspecified atom stereocenters. The molecule has 94 heavy (non-hydrogen) atoms. The van der Waals surface area contributed by atoms with Crippen LogP contribution in [0.1, 0.15) is 134 Å². The first kappa shape index (κ1) is 77.2. The normalized spacial score (nSPS) is 12.8. The number of ether oxygens (including phenoxy) is 3. The summed E-state index contributed by atoms with van der Waals surface area (Å²) in [7, 11) is 0. The van der Waals surface area contributed by atoms with E-state index in [1.165, 1.54) is 18.2 Å². The average molecular weight is 1320 g/mol. The van der Waals surface area contributed by atoms with Gasteiger partial charge >= 0.3 is 17.9 Å². The molecule has 6 aromatic rings. The molecule has 0 aliphatic rings. The lowest BCUT2D eigenvalue weighted by molar-refractivity contribution is -0.132. The number of allylic oxidation sites excluding steroid dienone is 15. The van der Waals surface area contributed by atoms with Crippen molar-refractivity contribution in [2.45, 2.75) is 120 Å². The molecule has 1 aromatic heterocycles. The topological polar surface area (TPSA) is 140 Å². The van der Waals surface area contributed by atoms with Crippen LogP contribution >= 0.6 is 11.3 Å². The number of rotatable bonds is 27. The molecule has 0 saturated carbocycles. The molecule has 0 aliphatic carbocycles. The Labute approximate surface area is 549 Å². The van der Waals surface area contributed by atoms with Gasteiger partial charge in [-0.2, -0.15) is 0 Å². The SMILES string of the molecule is C/C(=C/C=C/C(C)=C/C(=O)O)c1cc(-c2cccc(F)c2)cc(C(C)C)c1OCC(F)F.C/C(=C/C=C/C(C)=C/C(=O)O)c1cc(-c2ccccc2F)cc(C(C)C)c1OCC(F)F.C/C(=C/C=C/C(C)=C/C(=O)O)c1cc(-c2cccs2)cc(C(C)C)c1OCC(F)F. The summed E-state index contributed by atoms with van der Waals surface area (Å²) in [6.07, 6.45) is 10.8. The summed E-state index contributed by atoms with van der Waals surface area (Å²) in [6.45, 7) is 20.0. The van der Waals surface area contributed by atoms with Crippen molar-refractivity contribution < 1.29 is 79.0 Å². The van der Waals surface area contributed by atoms with E-state index in [1.54, 1.807) is 136 Å². The van der Waals surface area contributed by atoms with Crippen LogP contribution in [0, 0.1) is 11.6 Å². The van der Waals surface area contributed by atoms with E-state index >= 15 is 0 Å². The Morgan fingerprint density at radius 3 is 1.17 bits per heavy atom. The summed E-state index contributed by atoms with van der Waals surface area (Å²) in [5, 5.41) is 28.4. The minimum Gasteiger partial charge on any atom is -0.487 e. The van der Waals surface area contributed by atoms with E-state index in [0.717, 1.165) is 62.1 Å². The monoisotopic (exact) mass is 1320 g/mol. The molecule has 6 rings (SSSR count). The number of hydrogen-bond acceptors (Lipinski definition) is 7. The Bertz CT molecular complexity index is 3840. The molecule has 1 heterocycles. The molecular formula is C76H80F8O9S. The number of hydrogen-bond donors (Lipinski definition) is 3. The average Bonchev–Trinajstić information content (AvgIpc) is 0.911.